The van der Waals surface area contributed by atoms with E-state index in [-0.39, 0.29) is 6.03 Å². The number of hydrogen-bond acceptors (Lipinski definition) is 5. The van der Waals surface area contributed by atoms with Gasteiger partial charge in [-0.1, -0.05) is 50.5 Å². The number of anilines is 2. The smallest absolute Gasteiger partial charge is 0.328 e. The molecule has 1 saturated carbocycles. The molecule has 6 nitrogen and oxygen atoms in total. The van der Waals surface area contributed by atoms with E-state index >= 15 is 0 Å². The van der Waals surface area contributed by atoms with Crippen molar-refractivity contribution in [3.8, 4) is 22.8 Å². The Labute approximate surface area is 205 Å². The summed E-state index contributed by atoms with van der Waals surface area (Å²) in [6.45, 7) is 2.61. The predicted molar refractivity (Wildman–Crippen MR) is 140 cm³/mol. The van der Waals surface area contributed by atoms with Gasteiger partial charge in [-0.3, -0.25) is 4.90 Å². The summed E-state index contributed by atoms with van der Waals surface area (Å²) in [6, 6.07) is 13.9. The highest BCUT2D eigenvalue weighted by Gasteiger charge is 2.21. The molecular weight excluding hydrogens is 446 g/mol. The molecule has 1 N–H and O–H groups in total. The third-order valence-electron chi connectivity index (χ3n) is 6.35. The summed E-state index contributed by atoms with van der Waals surface area (Å²) in [5.74, 6) is 1.90. The zero-order valence-corrected chi connectivity index (χ0v) is 21.0. The molecule has 1 aliphatic rings. The van der Waals surface area contributed by atoms with Crippen molar-refractivity contribution in [1.82, 2.24) is 4.98 Å². The Morgan fingerprint density at radius 2 is 1.85 bits per heavy atom. The molecule has 0 spiro atoms. The fraction of sp³-hybridized carbons (Fsp3) is 0.407. The predicted octanol–water partition coefficient (Wildman–Crippen LogP) is 7.32. The van der Waals surface area contributed by atoms with E-state index in [1.165, 1.54) is 49.0 Å². The maximum atomic E-state index is 13.2. The van der Waals surface area contributed by atoms with Crippen molar-refractivity contribution in [2.75, 3.05) is 31.0 Å². The normalized spacial score (nSPS) is 14.0. The largest absolute Gasteiger partial charge is 0.497 e. The van der Waals surface area contributed by atoms with E-state index in [9.17, 15) is 4.79 Å². The average molecular weight is 480 g/mol. The van der Waals surface area contributed by atoms with Crippen molar-refractivity contribution < 1.29 is 14.3 Å². The Morgan fingerprint density at radius 3 is 2.53 bits per heavy atom. The summed E-state index contributed by atoms with van der Waals surface area (Å²) in [7, 11) is 3.17. The first-order valence-corrected chi connectivity index (χ1v) is 12.9. The molecule has 2 amide bonds. The van der Waals surface area contributed by atoms with Crippen LogP contribution in [0.3, 0.4) is 0 Å². The molecule has 1 aromatic heterocycles. The van der Waals surface area contributed by atoms with Crippen LogP contribution in [0.1, 0.15) is 56.9 Å². The average Bonchev–Trinajstić information content (AvgIpc) is 3.37. The van der Waals surface area contributed by atoms with E-state index in [2.05, 4.69) is 29.6 Å². The van der Waals surface area contributed by atoms with E-state index in [1.807, 2.05) is 12.3 Å². The monoisotopic (exact) mass is 479 g/mol. The van der Waals surface area contributed by atoms with Crippen LogP contribution in [0.5, 0.6) is 11.5 Å². The summed E-state index contributed by atoms with van der Waals surface area (Å²) in [5.41, 5.74) is 3.96. The first-order chi connectivity index (χ1) is 16.6. The van der Waals surface area contributed by atoms with Gasteiger partial charge in [0, 0.05) is 23.6 Å². The Kier molecular flexibility index (Phi) is 8.06. The fourth-order valence-electron chi connectivity index (χ4n) is 4.48. The van der Waals surface area contributed by atoms with Crippen molar-refractivity contribution in [1.29, 1.82) is 0 Å². The number of methoxy groups -OCH3 is 2. The van der Waals surface area contributed by atoms with Crippen LogP contribution in [0.4, 0.5) is 15.6 Å². The van der Waals surface area contributed by atoms with Crippen LogP contribution < -0.4 is 19.7 Å². The number of rotatable bonds is 8. The first kappa shape index (κ1) is 24.1. The number of nitrogens with zero attached hydrogens (tertiary/aromatic N) is 2. The number of thiazole rings is 1. The second-order valence-electron chi connectivity index (χ2n) is 8.62. The van der Waals surface area contributed by atoms with Gasteiger partial charge in [0.05, 0.1) is 25.6 Å². The van der Waals surface area contributed by atoms with Gasteiger partial charge in [-0.05, 0) is 42.9 Å². The second kappa shape index (κ2) is 11.4. The van der Waals surface area contributed by atoms with Gasteiger partial charge in [0.1, 0.15) is 11.5 Å². The molecule has 180 valence electrons. The zero-order chi connectivity index (χ0) is 23.9. The number of carbonyl (C=O) groups excluding carboxylic acids is 1. The maximum Gasteiger partial charge on any atom is 0.328 e. The lowest BCUT2D eigenvalue weighted by atomic mass is 9.84. The molecule has 1 heterocycles. The van der Waals surface area contributed by atoms with E-state index in [0.717, 1.165) is 17.7 Å². The highest BCUT2D eigenvalue weighted by Crippen LogP contribution is 2.35. The van der Waals surface area contributed by atoms with Gasteiger partial charge in [0.15, 0.2) is 5.13 Å². The van der Waals surface area contributed by atoms with Gasteiger partial charge in [0.2, 0.25) is 0 Å². The molecule has 34 heavy (non-hydrogen) atoms. The molecule has 0 radical (unpaired) electrons. The van der Waals surface area contributed by atoms with Gasteiger partial charge >= 0.3 is 6.03 Å². The highest BCUT2D eigenvalue weighted by molar-refractivity contribution is 7.14. The standard InChI is InChI=1S/C27H33N3O3S/c1-4-16-30(26(31)28-23-17-22(32-2)14-15-25(23)33-3)27-29-24(18-34-27)21-12-10-20(11-13-21)19-8-6-5-7-9-19/h10-15,17-19H,4-9,16H2,1-3H3,(H,28,31). The molecule has 2 aromatic carbocycles. The maximum absolute atomic E-state index is 13.2. The fourth-order valence-corrected chi connectivity index (χ4v) is 5.34. The van der Waals surface area contributed by atoms with Crippen LogP contribution in [-0.2, 0) is 0 Å². The molecule has 7 heteroatoms. The van der Waals surface area contributed by atoms with Crippen molar-refractivity contribution in [2.45, 2.75) is 51.4 Å². The second-order valence-corrected chi connectivity index (χ2v) is 9.46. The Bertz CT molecular complexity index is 1090. The quantitative estimate of drug-likeness (QED) is 0.367. The van der Waals surface area contributed by atoms with E-state index in [1.54, 1.807) is 37.3 Å². The number of carbonyl (C=O) groups is 1. The molecule has 0 bridgehead atoms. The minimum atomic E-state index is -0.248. The van der Waals surface area contributed by atoms with Crippen LogP contribution in [-0.4, -0.2) is 31.8 Å². The molecule has 3 aromatic rings. The zero-order valence-electron chi connectivity index (χ0n) is 20.2. The lowest BCUT2D eigenvalue weighted by Gasteiger charge is -2.22. The molecule has 0 aliphatic heterocycles. The molecule has 0 unspecified atom stereocenters. The number of urea groups is 1. The Balaban J connectivity index is 1.51. The summed E-state index contributed by atoms with van der Waals surface area (Å²) >= 11 is 1.48. The van der Waals surface area contributed by atoms with E-state index in [0.29, 0.717) is 34.8 Å². The summed E-state index contributed by atoms with van der Waals surface area (Å²) in [4.78, 5) is 19.7. The molecule has 4 rings (SSSR count). The number of amides is 2. The topological polar surface area (TPSA) is 63.7 Å². The molecule has 0 saturated heterocycles. The summed E-state index contributed by atoms with van der Waals surface area (Å²) < 4.78 is 10.7. The van der Waals surface area contributed by atoms with Crippen LogP contribution in [0, 0.1) is 0 Å². The number of ether oxygens (including phenoxy) is 2. The van der Waals surface area contributed by atoms with Crippen LogP contribution in [0.25, 0.3) is 11.3 Å². The van der Waals surface area contributed by atoms with Gasteiger partial charge < -0.3 is 14.8 Å². The van der Waals surface area contributed by atoms with Crippen molar-refractivity contribution in [3.05, 3.63) is 53.4 Å². The van der Waals surface area contributed by atoms with Crippen molar-refractivity contribution in [3.63, 3.8) is 0 Å². The van der Waals surface area contributed by atoms with Crippen LogP contribution >= 0.6 is 11.3 Å². The summed E-state index contributed by atoms with van der Waals surface area (Å²) in [6.07, 6.45) is 7.42. The van der Waals surface area contributed by atoms with Gasteiger partial charge in [-0.25, -0.2) is 9.78 Å². The number of aromatic nitrogens is 1. The third kappa shape index (κ3) is 5.53. The van der Waals surface area contributed by atoms with Gasteiger partial charge in [-0.2, -0.15) is 0 Å². The molecule has 1 fully saturated rings. The van der Waals surface area contributed by atoms with Gasteiger partial charge in [0.25, 0.3) is 0 Å². The van der Waals surface area contributed by atoms with E-state index < -0.39 is 0 Å². The first-order valence-electron chi connectivity index (χ1n) is 12.0. The van der Waals surface area contributed by atoms with Crippen LogP contribution in [0.15, 0.2) is 47.8 Å². The summed E-state index contributed by atoms with van der Waals surface area (Å²) in [5, 5.41) is 5.66. The highest BCUT2D eigenvalue weighted by atomic mass is 32.1. The lowest BCUT2D eigenvalue weighted by Crippen LogP contribution is -2.35. The number of hydrogen-bond donors (Lipinski definition) is 1. The lowest BCUT2D eigenvalue weighted by molar-refractivity contribution is 0.256. The minimum absolute atomic E-state index is 0.248. The molecular formula is C27H33N3O3S. The minimum Gasteiger partial charge on any atom is -0.497 e. The molecule has 0 atom stereocenters. The third-order valence-corrected chi connectivity index (χ3v) is 7.21. The van der Waals surface area contributed by atoms with Crippen molar-refractivity contribution >= 4 is 28.2 Å². The SMILES string of the molecule is CCCN(C(=O)Nc1cc(OC)ccc1OC)c1nc(-c2ccc(C3CCCCC3)cc2)cs1. The van der Waals surface area contributed by atoms with E-state index in [4.69, 9.17) is 14.5 Å². The van der Waals surface area contributed by atoms with Gasteiger partial charge in [-0.15, -0.1) is 11.3 Å². The number of benzene rings is 2. The number of nitrogens with one attached hydrogen (secondary N) is 1. The van der Waals surface area contributed by atoms with Crippen LogP contribution in [0.2, 0.25) is 0 Å². The Morgan fingerprint density at radius 1 is 1.09 bits per heavy atom. The molecule has 1 aliphatic carbocycles. The Hall–Kier alpha value is -3.06. The van der Waals surface area contributed by atoms with Crippen molar-refractivity contribution in [2.24, 2.45) is 0 Å².